The molecule has 0 radical (unpaired) electrons. The summed E-state index contributed by atoms with van der Waals surface area (Å²) in [7, 11) is 0. The van der Waals surface area contributed by atoms with Crippen LogP contribution in [0.25, 0.3) is 22.5 Å². The van der Waals surface area contributed by atoms with Crippen molar-refractivity contribution in [3.63, 3.8) is 0 Å². The SMILES string of the molecule is O=C(Nc1cccc(F)c1)c1ccn(-c2ccc3ccc(-c4ccncc4)cn23)n1. The number of carbonyl (C=O) groups is 1. The van der Waals surface area contributed by atoms with Gasteiger partial charge in [-0.3, -0.25) is 9.78 Å². The molecule has 4 heterocycles. The maximum Gasteiger partial charge on any atom is 0.276 e. The summed E-state index contributed by atoms with van der Waals surface area (Å²) in [4.78, 5) is 16.6. The Balaban J connectivity index is 1.46. The maximum atomic E-state index is 13.3. The standard InChI is InChI=1S/C23H16FN5O/c24-18-2-1-3-19(14-18)26-23(30)21-10-13-29(27-21)22-7-6-20-5-4-17(15-28(20)22)16-8-11-25-12-9-16/h1-15H,(H,26,30). The lowest BCUT2D eigenvalue weighted by Gasteiger charge is -2.07. The van der Waals surface area contributed by atoms with Gasteiger partial charge in [0.05, 0.1) is 0 Å². The molecule has 0 atom stereocenters. The molecule has 0 aliphatic rings. The molecule has 5 aromatic rings. The fraction of sp³-hybridized carbons (Fsp3) is 0. The highest BCUT2D eigenvalue weighted by atomic mass is 19.1. The lowest BCUT2D eigenvalue weighted by Crippen LogP contribution is -2.13. The van der Waals surface area contributed by atoms with Gasteiger partial charge in [-0.15, -0.1) is 0 Å². The molecule has 0 aliphatic carbocycles. The van der Waals surface area contributed by atoms with E-state index in [-0.39, 0.29) is 5.69 Å². The summed E-state index contributed by atoms with van der Waals surface area (Å²) in [5, 5.41) is 7.06. The van der Waals surface area contributed by atoms with Gasteiger partial charge in [-0.25, -0.2) is 9.07 Å². The Morgan fingerprint density at radius 3 is 2.60 bits per heavy atom. The Labute approximate surface area is 171 Å². The molecule has 4 aromatic heterocycles. The first-order valence-corrected chi connectivity index (χ1v) is 9.32. The minimum atomic E-state index is -0.414. The molecule has 0 unspecified atom stereocenters. The van der Waals surface area contributed by atoms with Crippen LogP contribution >= 0.6 is 0 Å². The number of halogens is 1. The van der Waals surface area contributed by atoms with E-state index in [1.54, 1.807) is 35.4 Å². The maximum absolute atomic E-state index is 13.3. The first-order chi connectivity index (χ1) is 14.7. The molecule has 7 heteroatoms. The van der Waals surface area contributed by atoms with Crippen LogP contribution in [-0.4, -0.2) is 25.1 Å². The van der Waals surface area contributed by atoms with E-state index < -0.39 is 11.7 Å². The third-order valence-corrected chi connectivity index (χ3v) is 4.78. The zero-order chi connectivity index (χ0) is 20.5. The van der Waals surface area contributed by atoms with Gasteiger partial charge in [-0.1, -0.05) is 12.1 Å². The van der Waals surface area contributed by atoms with E-state index in [1.165, 1.54) is 18.2 Å². The van der Waals surface area contributed by atoms with Crippen LogP contribution in [0.5, 0.6) is 0 Å². The topological polar surface area (TPSA) is 64.2 Å². The number of aromatic nitrogens is 4. The first-order valence-electron chi connectivity index (χ1n) is 9.32. The average Bonchev–Trinajstić information content (AvgIpc) is 3.41. The van der Waals surface area contributed by atoms with Gasteiger partial charge in [-0.05, 0) is 65.7 Å². The van der Waals surface area contributed by atoms with E-state index in [4.69, 9.17) is 0 Å². The van der Waals surface area contributed by atoms with Crippen LogP contribution in [0, 0.1) is 5.82 Å². The van der Waals surface area contributed by atoms with Gasteiger partial charge >= 0.3 is 0 Å². The van der Waals surface area contributed by atoms with Gasteiger partial charge in [0, 0.05) is 36.0 Å². The molecule has 1 amide bonds. The largest absolute Gasteiger partial charge is 0.320 e. The summed E-state index contributed by atoms with van der Waals surface area (Å²) in [5.41, 5.74) is 3.72. The van der Waals surface area contributed by atoms with Crippen LogP contribution in [0.4, 0.5) is 10.1 Å². The summed E-state index contributed by atoms with van der Waals surface area (Å²) in [6, 6.07) is 19.3. The van der Waals surface area contributed by atoms with Crippen molar-refractivity contribution in [3.05, 3.63) is 103 Å². The number of carbonyl (C=O) groups excluding carboxylic acids is 1. The molecule has 1 N–H and O–H groups in total. The van der Waals surface area contributed by atoms with Crippen molar-refractivity contribution in [1.29, 1.82) is 0 Å². The highest BCUT2D eigenvalue weighted by Gasteiger charge is 2.13. The second-order valence-corrected chi connectivity index (χ2v) is 6.75. The van der Waals surface area contributed by atoms with Crippen LogP contribution in [0.1, 0.15) is 10.5 Å². The van der Waals surface area contributed by atoms with Gasteiger partial charge in [0.25, 0.3) is 5.91 Å². The molecule has 0 bridgehead atoms. The molecule has 146 valence electrons. The normalized spacial score (nSPS) is 11.0. The fourth-order valence-electron chi connectivity index (χ4n) is 3.32. The molecule has 0 spiro atoms. The molecule has 0 saturated carbocycles. The number of anilines is 1. The lowest BCUT2D eigenvalue weighted by atomic mass is 10.1. The predicted molar refractivity (Wildman–Crippen MR) is 112 cm³/mol. The number of nitrogens with one attached hydrogen (secondary N) is 1. The Hall–Kier alpha value is -4.26. The number of hydrogen-bond donors (Lipinski definition) is 1. The van der Waals surface area contributed by atoms with Crippen molar-refractivity contribution in [2.45, 2.75) is 0 Å². The Morgan fingerprint density at radius 2 is 1.77 bits per heavy atom. The summed E-state index contributed by atoms with van der Waals surface area (Å²) in [5.74, 6) is -0.0219. The molecule has 1 aromatic carbocycles. The summed E-state index contributed by atoms with van der Waals surface area (Å²) in [6.07, 6.45) is 7.26. The van der Waals surface area contributed by atoms with E-state index in [9.17, 15) is 9.18 Å². The van der Waals surface area contributed by atoms with Crippen LogP contribution in [0.15, 0.2) is 91.5 Å². The van der Waals surface area contributed by atoms with Crippen LogP contribution in [0.2, 0.25) is 0 Å². The van der Waals surface area contributed by atoms with E-state index >= 15 is 0 Å². The van der Waals surface area contributed by atoms with E-state index in [2.05, 4.69) is 21.5 Å². The molecular formula is C23H16FN5O. The fourth-order valence-corrected chi connectivity index (χ4v) is 3.32. The minimum absolute atomic E-state index is 0.236. The second kappa shape index (κ2) is 7.29. The Morgan fingerprint density at radius 1 is 0.933 bits per heavy atom. The van der Waals surface area contributed by atoms with Crippen LogP contribution in [0.3, 0.4) is 0 Å². The van der Waals surface area contributed by atoms with Crippen LogP contribution < -0.4 is 5.32 Å². The molecule has 0 saturated heterocycles. The molecular weight excluding hydrogens is 381 g/mol. The summed E-state index contributed by atoms with van der Waals surface area (Å²) >= 11 is 0. The van der Waals surface area contributed by atoms with Crippen LogP contribution in [-0.2, 0) is 0 Å². The quantitative estimate of drug-likeness (QED) is 0.483. The highest BCUT2D eigenvalue weighted by molar-refractivity contribution is 6.02. The number of pyridine rings is 2. The van der Waals surface area contributed by atoms with Gasteiger partial charge in [0.2, 0.25) is 0 Å². The molecule has 0 fully saturated rings. The number of fused-ring (bicyclic) bond motifs is 1. The molecule has 5 rings (SSSR count). The Bertz CT molecular complexity index is 1360. The van der Waals surface area contributed by atoms with Gasteiger partial charge in [-0.2, -0.15) is 5.10 Å². The van der Waals surface area contributed by atoms with E-state index in [0.717, 1.165) is 22.5 Å². The van der Waals surface area contributed by atoms with Crippen molar-refractivity contribution in [2.75, 3.05) is 5.32 Å². The number of hydrogen-bond acceptors (Lipinski definition) is 3. The smallest absolute Gasteiger partial charge is 0.276 e. The van der Waals surface area contributed by atoms with Gasteiger partial charge in [0.15, 0.2) is 5.69 Å². The lowest BCUT2D eigenvalue weighted by molar-refractivity contribution is 0.102. The number of amides is 1. The van der Waals surface area contributed by atoms with Crippen molar-refractivity contribution in [3.8, 4) is 16.9 Å². The monoisotopic (exact) mass is 397 g/mol. The predicted octanol–water partition coefficient (Wildman–Crippen LogP) is 4.58. The number of rotatable bonds is 4. The summed E-state index contributed by atoms with van der Waals surface area (Å²) < 4.78 is 17.0. The first kappa shape index (κ1) is 17.8. The number of benzene rings is 1. The molecule has 0 aliphatic heterocycles. The average molecular weight is 397 g/mol. The third kappa shape index (κ3) is 3.33. The second-order valence-electron chi connectivity index (χ2n) is 6.75. The number of nitrogens with zero attached hydrogens (tertiary/aromatic N) is 4. The van der Waals surface area contributed by atoms with Crippen molar-refractivity contribution in [2.24, 2.45) is 0 Å². The zero-order valence-electron chi connectivity index (χ0n) is 15.7. The van der Waals surface area contributed by atoms with Gasteiger partial charge < -0.3 is 9.72 Å². The van der Waals surface area contributed by atoms with Gasteiger partial charge in [0.1, 0.15) is 11.6 Å². The van der Waals surface area contributed by atoms with Crippen molar-refractivity contribution < 1.29 is 9.18 Å². The summed E-state index contributed by atoms with van der Waals surface area (Å²) in [6.45, 7) is 0. The highest BCUT2D eigenvalue weighted by Crippen LogP contribution is 2.22. The van der Waals surface area contributed by atoms with Crippen molar-refractivity contribution in [1.82, 2.24) is 19.2 Å². The zero-order valence-corrected chi connectivity index (χ0v) is 15.7. The van der Waals surface area contributed by atoms with Crippen molar-refractivity contribution >= 4 is 17.1 Å². The van der Waals surface area contributed by atoms with E-state index in [0.29, 0.717) is 5.69 Å². The van der Waals surface area contributed by atoms with E-state index in [1.807, 2.05) is 40.9 Å². The third-order valence-electron chi connectivity index (χ3n) is 4.78. The molecule has 6 nitrogen and oxygen atoms in total. The Kier molecular flexibility index (Phi) is 4.33. The minimum Gasteiger partial charge on any atom is -0.320 e. The molecule has 30 heavy (non-hydrogen) atoms.